The fraction of sp³-hybridized carbons (Fsp3) is 0. The SMILES string of the molecule is c1ccc(-c2cc(-c3cc4c(c5ccccc35)Nc3ccccc3S4)cc(-c3ccccc3)n2)cc1. The Balaban J connectivity index is 1.48. The Kier molecular flexibility index (Phi) is 5.07. The third-order valence-corrected chi connectivity index (χ3v) is 7.77. The topological polar surface area (TPSA) is 24.9 Å². The maximum atomic E-state index is 5.08. The summed E-state index contributed by atoms with van der Waals surface area (Å²) in [5.41, 5.74) is 8.91. The van der Waals surface area contributed by atoms with Gasteiger partial charge in [-0.15, -0.1) is 0 Å². The number of anilines is 2. The van der Waals surface area contributed by atoms with Crippen LogP contribution in [0.4, 0.5) is 11.4 Å². The van der Waals surface area contributed by atoms with E-state index in [4.69, 9.17) is 4.98 Å². The molecule has 1 aliphatic rings. The van der Waals surface area contributed by atoms with E-state index >= 15 is 0 Å². The Morgan fingerprint density at radius 1 is 0.500 bits per heavy atom. The van der Waals surface area contributed by atoms with Crippen molar-refractivity contribution >= 4 is 33.9 Å². The molecule has 0 unspecified atom stereocenters. The fourth-order valence-corrected chi connectivity index (χ4v) is 5.96. The molecule has 0 radical (unpaired) electrons. The number of benzene rings is 5. The average Bonchev–Trinajstić information content (AvgIpc) is 2.96. The monoisotopic (exact) mass is 478 g/mol. The Bertz CT molecular complexity index is 1670. The van der Waals surface area contributed by atoms with E-state index in [0.717, 1.165) is 28.2 Å². The minimum absolute atomic E-state index is 0.977. The van der Waals surface area contributed by atoms with Crippen LogP contribution in [-0.2, 0) is 0 Å². The highest BCUT2D eigenvalue weighted by Gasteiger charge is 2.21. The molecule has 0 bridgehead atoms. The van der Waals surface area contributed by atoms with Crippen molar-refractivity contribution in [3.8, 4) is 33.6 Å². The van der Waals surface area contributed by atoms with Gasteiger partial charge in [0, 0.05) is 26.3 Å². The molecule has 1 aromatic heterocycles. The predicted molar refractivity (Wildman–Crippen MR) is 152 cm³/mol. The average molecular weight is 479 g/mol. The lowest BCUT2D eigenvalue weighted by Crippen LogP contribution is -2.01. The number of nitrogens with one attached hydrogen (secondary N) is 1. The third-order valence-electron chi connectivity index (χ3n) is 6.65. The molecular formula is C33H22N2S. The van der Waals surface area contributed by atoms with Crippen molar-refractivity contribution < 1.29 is 0 Å². The number of hydrogen-bond acceptors (Lipinski definition) is 3. The molecule has 36 heavy (non-hydrogen) atoms. The van der Waals surface area contributed by atoms with Crippen molar-refractivity contribution in [2.75, 3.05) is 5.32 Å². The van der Waals surface area contributed by atoms with Gasteiger partial charge in [-0.3, -0.25) is 0 Å². The number of fused-ring (bicyclic) bond motifs is 4. The Morgan fingerprint density at radius 3 is 1.78 bits per heavy atom. The van der Waals surface area contributed by atoms with Gasteiger partial charge in [0.15, 0.2) is 0 Å². The van der Waals surface area contributed by atoms with Crippen LogP contribution in [-0.4, -0.2) is 4.98 Å². The zero-order chi connectivity index (χ0) is 23.9. The number of pyridine rings is 1. The van der Waals surface area contributed by atoms with Crippen molar-refractivity contribution in [3.63, 3.8) is 0 Å². The first-order valence-electron chi connectivity index (χ1n) is 12.1. The number of hydrogen-bond donors (Lipinski definition) is 1. The molecule has 1 N–H and O–H groups in total. The largest absolute Gasteiger partial charge is 0.353 e. The highest BCUT2D eigenvalue weighted by molar-refractivity contribution is 7.99. The van der Waals surface area contributed by atoms with Crippen LogP contribution in [0.5, 0.6) is 0 Å². The highest BCUT2D eigenvalue weighted by atomic mass is 32.2. The summed E-state index contributed by atoms with van der Waals surface area (Å²) in [6, 6.07) is 44.9. The first kappa shape index (κ1) is 21.0. The molecule has 0 amide bonds. The first-order chi connectivity index (χ1) is 17.8. The molecule has 5 aromatic carbocycles. The zero-order valence-electron chi connectivity index (χ0n) is 19.5. The maximum Gasteiger partial charge on any atom is 0.0715 e. The molecule has 0 fully saturated rings. The normalized spacial score (nSPS) is 12.0. The number of aromatic nitrogens is 1. The van der Waals surface area contributed by atoms with E-state index < -0.39 is 0 Å². The lowest BCUT2D eigenvalue weighted by atomic mass is 9.94. The van der Waals surface area contributed by atoms with Gasteiger partial charge in [-0.25, -0.2) is 4.98 Å². The molecule has 0 atom stereocenters. The van der Waals surface area contributed by atoms with Crippen molar-refractivity contribution in [3.05, 3.63) is 127 Å². The molecule has 2 nitrogen and oxygen atoms in total. The van der Waals surface area contributed by atoms with Crippen LogP contribution >= 0.6 is 11.8 Å². The van der Waals surface area contributed by atoms with Crippen LogP contribution in [0.1, 0.15) is 0 Å². The zero-order valence-corrected chi connectivity index (χ0v) is 20.3. The lowest BCUT2D eigenvalue weighted by molar-refractivity contribution is 1.31. The summed E-state index contributed by atoms with van der Waals surface area (Å²) in [5, 5.41) is 6.16. The van der Waals surface area contributed by atoms with E-state index in [1.165, 1.54) is 37.4 Å². The predicted octanol–water partition coefficient (Wildman–Crippen LogP) is 9.44. The second-order valence-electron chi connectivity index (χ2n) is 8.92. The minimum atomic E-state index is 0.977. The first-order valence-corrected chi connectivity index (χ1v) is 12.9. The van der Waals surface area contributed by atoms with E-state index in [2.05, 4.69) is 121 Å². The van der Waals surface area contributed by atoms with Crippen molar-refractivity contribution in [1.82, 2.24) is 4.98 Å². The summed E-state index contributed by atoms with van der Waals surface area (Å²) in [4.78, 5) is 7.56. The van der Waals surface area contributed by atoms with Gasteiger partial charge in [-0.05, 0) is 46.8 Å². The summed E-state index contributed by atoms with van der Waals surface area (Å²) in [6.07, 6.45) is 0. The second-order valence-corrected chi connectivity index (χ2v) is 10.0. The molecule has 7 rings (SSSR count). The summed E-state index contributed by atoms with van der Waals surface area (Å²) in [6.45, 7) is 0. The van der Waals surface area contributed by atoms with Crippen LogP contribution < -0.4 is 5.32 Å². The standard InChI is InChI=1S/C33H22N2S/c1-3-11-22(12-4-1)29-19-24(20-30(34-29)23-13-5-2-6-14-23)27-21-32-33(26-16-8-7-15-25(26)27)35-28-17-9-10-18-31(28)36-32/h1-21,35H. The summed E-state index contributed by atoms with van der Waals surface area (Å²) in [7, 11) is 0. The van der Waals surface area contributed by atoms with Gasteiger partial charge in [0.05, 0.1) is 22.8 Å². The lowest BCUT2D eigenvalue weighted by Gasteiger charge is -2.24. The van der Waals surface area contributed by atoms with Crippen LogP contribution in [0.15, 0.2) is 137 Å². The number of nitrogens with zero attached hydrogens (tertiary/aromatic N) is 1. The smallest absolute Gasteiger partial charge is 0.0715 e. The molecule has 0 saturated carbocycles. The molecular weight excluding hydrogens is 456 g/mol. The summed E-state index contributed by atoms with van der Waals surface area (Å²) in [5.74, 6) is 0. The van der Waals surface area contributed by atoms with Gasteiger partial charge in [-0.1, -0.05) is 109 Å². The number of rotatable bonds is 3. The fourth-order valence-electron chi connectivity index (χ4n) is 4.91. The van der Waals surface area contributed by atoms with Crippen LogP contribution in [0.2, 0.25) is 0 Å². The number of para-hydroxylation sites is 1. The van der Waals surface area contributed by atoms with E-state index in [-0.39, 0.29) is 0 Å². The Labute approximate surface area is 214 Å². The van der Waals surface area contributed by atoms with Crippen LogP contribution in [0, 0.1) is 0 Å². The van der Waals surface area contributed by atoms with Gasteiger partial charge >= 0.3 is 0 Å². The summed E-state index contributed by atoms with van der Waals surface area (Å²) < 4.78 is 0. The molecule has 3 heteroatoms. The molecule has 0 aliphatic carbocycles. The van der Waals surface area contributed by atoms with E-state index in [1.54, 1.807) is 0 Å². The highest BCUT2D eigenvalue weighted by Crippen LogP contribution is 2.49. The second kappa shape index (κ2) is 8.71. The third kappa shape index (κ3) is 3.65. The van der Waals surface area contributed by atoms with Crippen molar-refractivity contribution in [1.29, 1.82) is 0 Å². The molecule has 0 spiro atoms. The molecule has 2 heterocycles. The van der Waals surface area contributed by atoms with Crippen LogP contribution in [0.25, 0.3) is 44.4 Å². The molecule has 170 valence electrons. The summed E-state index contributed by atoms with van der Waals surface area (Å²) >= 11 is 1.83. The Morgan fingerprint density at radius 2 is 1.08 bits per heavy atom. The van der Waals surface area contributed by atoms with Gasteiger partial charge in [-0.2, -0.15) is 0 Å². The Hall–Kier alpha value is -4.34. The van der Waals surface area contributed by atoms with Gasteiger partial charge < -0.3 is 5.32 Å². The van der Waals surface area contributed by atoms with Crippen molar-refractivity contribution in [2.24, 2.45) is 0 Å². The van der Waals surface area contributed by atoms with Gasteiger partial charge in [0.2, 0.25) is 0 Å². The van der Waals surface area contributed by atoms with Gasteiger partial charge in [0.1, 0.15) is 0 Å². The van der Waals surface area contributed by atoms with E-state index in [9.17, 15) is 0 Å². The van der Waals surface area contributed by atoms with E-state index in [0.29, 0.717) is 0 Å². The van der Waals surface area contributed by atoms with Crippen molar-refractivity contribution in [2.45, 2.75) is 9.79 Å². The molecule has 6 aromatic rings. The quantitative estimate of drug-likeness (QED) is 0.274. The van der Waals surface area contributed by atoms with E-state index in [1.807, 2.05) is 23.9 Å². The minimum Gasteiger partial charge on any atom is -0.353 e. The van der Waals surface area contributed by atoms with Gasteiger partial charge in [0.25, 0.3) is 0 Å². The maximum absolute atomic E-state index is 5.08. The molecule has 1 aliphatic heterocycles. The molecule has 0 saturated heterocycles. The van der Waals surface area contributed by atoms with Crippen LogP contribution in [0.3, 0.4) is 0 Å².